The van der Waals surface area contributed by atoms with E-state index < -0.39 is 5.54 Å². The van der Waals surface area contributed by atoms with E-state index in [4.69, 9.17) is 4.74 Å². The summed E-state index contributed by atoms with van der Waals surface area (Å²) in [5.41, 5.74) is -0.512. The van der Waals surface area contributed by atoms with Crippen LogP contribution >= 0.6 is 0 Å². The van der Waals surface area contributed by atoms with E-state index in [-0.39, 0.29) is 18.1 Å². The molecule has 4 heteroatoms. The monoisotopic (exact) mass is 228 g/mol. The van der Waals surface area contributed by atoms with Crippen molar-refractivity contribution < 1.29 is 9.53 Å². The van der Waals surface area contributed by atoms with Gasteiger partial charge in [-0.3, -0.25) is 4.79 Å². The molecule has 2 unspecified atom stereocenters. The highest BCUT2D eigenvalue weighted by Crippen LogP contribution is 2.16. The average molecular weight is 228 g/mol. The molecule has 0 bridgehead atoms. The number of likely N-dealkylation sites (N-methyl/N-ethyl adjacent to an activating group) is 1. The minimum Gasteiger partial charge on any atom is -0.376 e. The van der Waals surface area contributed by atoms with Crippen LogP contribution in [0.1, 0.15) is 40.5 Å². The number of ether oxygens (including phenoxy) is 1. The summed E-state index contributed by atoms with van der Waals surface area (Å²) < 4.78 is 5.55. The molecule has 94 valence electrons. The lowest BCUT2D eigenvalue weighted by atomic mass is 10.0. The van der Waals surface area contributed by atoms with E-state index in [1.165, 1.54) is 0 Å². The Labute approximate surface area is 98.1 Å². The fraction of sp³-hybridized carbons (Fsp3) is 0.917. The van der Waals surface area contributed by atoms with Crippen LogP contribution in [0.25, 0.3) is 0 Å². The maximum absolute atomic E-state index is 12.0. The molecule has 0 aromatic carbocycles. The maximum Gasteiger partial charge on any atom is 0.240 e. The molecular weight excluding hydrogens is 204 g/mol. The lowest BCUT2D eigenvalue weighted by Crippen LogP contribution is -2.56. The van der Waals surface area contributed by atoms with Gasteiger partial charge < -0.3 is 15.4 Å². The second-order valence-corrected chi connectivity index (χ2v) is 4.97. The van der Waals surface area contributed by atoms with Gasteiger partial charge >= 0.3 is 0 Å². The smallest absolute Gasteiger partial charge is 0.240 e. The predicted molar refractivity (Wildman–Crippen MR) is 64.3 cm³/mol. The van der Waals surface area contributed by atoms with E-state index in [1.54, 1.807) is 0 Å². The van der Waals surface area contributed by atoms with E-state index in [9.17, 15) is 4.79 Å². The summed E-state index contributed by atoms with van der Waals surface area (Å²) >= 11 is 0. The van der Waals surface area contributed by atoms with Gasteiger partial charge in [-0.1, -0.05) is 6.92 Å². The van der Waals surface area contributed by atoms with Crippen LogP contribution in [0.2, 0.25) is 0 Å². The third-order valence-electron chi connectivity index (χ3n) is 3.07. The van der Waals surface area contributed by atoms with Crippen molar-refractivity contribution in [2.75, 3.05) is 13.2 Å². The highest BCUT2D eigenvalue weighted by Gasteiger charge is 2.30. The molecule has 1 saturated heterocycles. The van der Waals surface area contributed by atoms with Gasteiger partial charge in [0.15, 0.2) is 0 Å². The Bertz CT molecular complexity index is 235. The summed E-state index contributed by atoms with van der Waals surface area (Å²) in [6, 6.07) is 0.0907. The fourth-order valence-corrected chi connectivity index (χ4v) is 2.00. The third kappa shape index (κ3) is 3.46. The van der Waals surface area contributed by atoms with Crippen molar-refractivity contribution >= 4 is 5.91 Å². The van der Waals surface area contributed by atoms with Gasteiger partial charge in [-0.25, -0.2) is 0 Å². The van der Waals surface area contributed by atoms with Gasteiger partial charge in [0, 0.05) is 6.61 Å². The first-order valence-electron chi connectivity index (χ1n) is 6.15. The van der Waals surface area contributed by atoms with Crippen LogP contribution in [-0.4, -0.2) is 36.7 Å². The summed E-state index contributed by atoms with van der Waals surface area (Å²) in [6.07, 6.45) is 2.33. The second kappa shape index (κ2) is 5.64. The number of amides is 1. The maximum atomic E-state index is 12.0. The Morgan fingerprint density at radius 3 is 2.75 bits per heavy atom. The molecule has 16 heavy (non-hydrogen) atoms. The van der Waals surface area contributed by atoms with Crippen LogP contribution in [0, 0.1) is 0 Å². The zero-order valence-electron chi connectivity index (χ0n) is 10.8. The fourth-order valence-electron chi connectivity index (χ4n) is 2.00. The molecular formula is C12H24N2O2. The number of rotatable bonds is 5. The van der Waals surface area contributed by atoms with Crippen molar-refractivity contribution in [1.29, 1.82) is 0 Å². The first kappa shape index (κ1) is 13.5. The van der Waals surface area contributed by atoms with Gasteiger partial charge in [-0.2, -0.15) is 0 Å². The predicted octanol–water partition coefficient (Wildman–Crippen LogP) is 1.06. The van der Waals surface area contributed by atoms with Crippen molar-refractivity contribution in [3.63, 3.8) is 0 Å². The summed E-state index contributed by atoms with van der Waals surface area (Å²) in [5, 5.41) is 6.19. The van der Waals surface area contributed by atoms with E-state index in [1.807, 2.05) is 27.7 Å². The molecule has 0 aromatic rings. The molecule has 0 radical (unpaired) electrons. The number of nitrogens with one attached hydrogen (secondary N) is 2. The van der Waals surface area contributed by atoms with Gasteiger partial charge in [0.1, 0.15) is 0 Å². The minimum absolute atomic E-state index is 0.0392. The molecule has 1 aliphatic heterocycles. The average Bonchev–Trinajstić information content (AvgIpc) is 2.70. The summed E-state index contributed by atoms with van der Waals surface area (Å²) in [7, 11) is 0. The van der Waals surface area contributed by atoms with Gasteiger partial charge in [-0.05, 0) is 40.2 Å². The first-order chi connectivity index (χ1) is 7.47. The molecule has 0 saturated carbocycles. The van der Waals surface area contributed by atoms with Gasteiger partial charge in [0.2, 0.25) is 5.91 Å². The first-order valence-corrected chi connectivity index (χ1v) is 6.15. The third-order valence-corrected chi connectivity index (χ3v) is 3.07. The number of hydrogen-bond acceptors (Lipinski definition) is 3. The van der Waals surface area contributed by atoms with Crippen molar-refractivity contribution in [1.82, 2.24) is 10.6 Å². The molecule has 1 amide bonds. The molecule has 1 rings (SSSR count). The molecule has 1 heterocycles. The molecule has 4 nitrogen and oxygen atoms in total. The summed E-state index contributed by atoms with van der Waals surface area (Å²) in [4.78, 5) is 12.0. The SMILES string of the molecule is CCNC(C)(C)C(=O)NC(C)C1CCCO1. The largest absolute Gasteiger partial charge is 0.376 e. The standard InChI is InChI=1S/C12H24N2O2/c1-5-13-12(3,4)11(15)14-9(2)10-7-6-8-16-10/h9-10,13H,5-8H2,1-4H3,(H,14,15). The summed E-state index contributed by atoms with van der Waals surface area (Å²) in [6.45, 7) is 9.41. The molecule has 0 spiro atoms. The van der Waals surface area contributed by atoms with E-state index in [0.717, 1.165) is 26.0 Å². The van der Waals surface area contributed by atoms with Gasteiger partial charge in [0.25, 0.3) is 0 Å². The number of carbonyl (C=O) groups is 1. The van der Waals surface area contributed by atoms with Crippen LogP contribution in [0.4, 0.5) is 0 Å². The highest BCUT2D eigenvalue weighted by atomic mass is 16.5. The number of carbonyl (C=O) groups excluding carboxylic acids is 1. The van der Waals surface area contributed by atoms with Crippen LogP contribution in [-0.2, 0) is 9.53 Å². The topological polar surface area (TPSA) is 50.4 Å². The zero-order chi connectivity index (χ0) is 12.2. The van der Waals surface area contributed by atoms with Crippen molar-refractivity contribution in [2.24, 2.45) is 0 Å². The molecule has 0 aliphatic carbocycles. The minimum atomic E-state index is -0.512. The van der Waals surface area contributed by atoms with Crippen LogP contribution in [0.3, 0.4) is 0 Å². The molecule has 2 atom stereocenters. The Morgan fingerprint density at radius 2 is 2.25 bits per heavy atom. The molecule has 2 N–H and O–H groups in total. The van der Waals surface area contributed by atoms with Crippen LogP contribution in [0.5, 0.6) is 0 Å². The van der Waals surface area contributed by atoms with Crippen molar-refractivity contribution in [3.05, 3.63) is 0 Å². The second-order valence-electron chi connectivity index (χ2n) is 4.97. The zero-order valence-corrected chi connectivity index (χ0v) is 10.8. The quantitative estimate of drug-likeness (QED) is 0.739. The lowest BCUT2D eigenvalue weighted by Gasteiger charge is -2.28. The van der Waals surface area contributed by atoms with Crippen molar-refractivity contribution in [2.45, 2.75) is 58.2 Å². The summed E-state index contributed by atoms with van der Waals surface area (Å²) in [5.74, 6) is 0.0392. The van der Waals surface area contributed by atoms with Crippen molar-refractivity contribution in [3.8, 4) is 0 Å². The molecule has 1 fully saturated rings. The highest BCUT2D eigenvalue weighted by molar-refractivity contribution is 5.85. The van der Waals surface area contributed by atoms with Crippen LogP contribution in [0.15, 0.2) is 0 Å². The number of hydrogen-bond donors (Lipinski definition) is 2. The van der Waals surface area contributed by atoms with Gasteiger partial charge in [0.05, 0.1) is 17.7 Å². The molecule has 1 aliphatic rings. The Hall–Kier alpha value is -0.610. The van der Waals surface area contributed by atoms with Crippen LogP contribution < -0.4 is 10.6 Å². The Balaban J connectivity index is 2.43. The Morgan fingerprint density at radius 1 is 1.56 bits per heavy atom. The van der Waals surface area contributed by atoms with E-state index in [2.05, 4.69) is 10.6 Å². The molecule has 0 aromatic heterocycles. The van der Waals surface area contributed by atoms with E-state index in [0.29, 0.717) is 0 Å². The van der Waals surface area contributed by atoms with E-state index >= 15 is 0 Å². The van der Waals surface area contributed by atoms with Gasteiger partial charge in [-0.15, -0.1) is 0 Å². The Kier molecular flexibility index (Phi) is 4.74. The lowest BCUT2D eigenvalue weighted by molar-refractivity contribution is -0.127. The normalized spacial score (nSPS) is 23.1.